The van der Waals surface area contributed by atoms with Crippen molar-refractivity contribution in [3.05, 3.63) is 42.9 Å². The van der Waals surface area contributed by atoms with E-state index in [4.69, 9.17) is 9.72 Å². The molecule has 114 valence electrons. The Morgan fingerprint density at radius 3 is 2.73 bits per heavy atom. The second kappa shape index (κ2) is 6.05. The Balaban J connectivity index is 1.92. The van der Waals surface area contributed by atoms with Crippen molar-refractivity contribution >= 4 is 11.6 Å². The number of anilines is 2. The van der Waals surface area contributed by atoms with Gasteiger partial charge in [0.25, 0.3) is 0 Å². The van der Waals surface area contributed by atoms with Crippen molar-refractivity contribution in [2.45, 2.75) is 19.8 Å². The van der Waals surface area contributed by atoms with Gasteiger partial charge in [0.05, 0.1) is 19.0 Å². The smallest absolute Gasteiger partial charge is 0.178 e. The van der Waals surface area contributed by atoms with E-state index in [0.717, 1.165) is 53.8 Å². The lowest BCUT2D eigenvalue weighted by Gasteiger charge is -2.17. The van der Waals surface area contributed by atoms with Crippen molar-refractivity contribution in [3.63, 3.8) is 0 Å². The molecule has 1 aromatic heterocycles. The van der Waals surface area contributed by atoms with Gasteiger partial charge in [-0.2, -0.15) is 0 Å². The molecule has 0 saturated heterocycles. The Bertz CT molecular complexity index is 682. The highest BCUT2D eigenvalue weighted by molar-refractivity contribution is 5.76. The molecule has 0 unspecified atom stereocenters. The topological polar surface area (TPSA) is 50.3 Å². The van der Waals surface area contributed by atoms with Gasteiger partial charge >= 0.3 is 0 Å². The van der Waals surface area contributed by atoms with Crippen LogP contribution in [0.25, 0.3) is 11.3 Å². The highest BCUT2D eigenvalue weighted by Crippen LogP contribution is 2.34. The van der Waals surface area contributed by atoms with E-state index in [2.05, 4.69) is 28.7 Å². The zero-order chi connectivity index (χ0) is 15.5. The number of nitrogens with one attached hydrogen (secondary N) is 1. The zero-order valence-corrected chi connectivity index (χ0v) is 13.0. The molecule has 0 amide bonds. The van der Waals surface area contributed by atoms with Crippen LogP contribution in [0.3, 0.4) is 0 Å². The lowest BCUT2D eigenvalue weighted by atomic mass is 10.1. The summed E-state index contributed by atoms with van der Waals surface area (Å²) in [6.07, 6.45) is 4.00. The van der Waals surface area contributed by atoms with Gasteiger partial charge in [0.1, 0.15) is 11.6 Å². The molecule has 5 heteroatoms. The number of benzene rings is 1. The fourth-order valence-electron chi connectivity index (χ4n) is 2.45. The lowest BCUT2D eigenvalue weighted by Crippen LogP contribution is -2.21. The molecule has 0 saturated carbocycles. The van der Waals surface area contributed by atoms with Gasteiger partial charge in [-0.3, -0.25) is 0 Å². The first-order chi connectivity index (χ1) is 10.7. The molecule has 0 bridgehead atoms. The number of unbranched alkanes of at least 4 members (excludes halogenated alkanes) is 1. The third kappa shape index (κ3) is 2.62. The molecular formula is C17H20N4O. The Hall–Kier alpha value is -2.56. The predicted octanol–water partition coefficient (Wildman–Crippen LogP) is 3.66. The van der Waals surface area contributed by atoms with Crippen LogP contribution in [-0.2, 0) is 0 Å². The standard InChI is InChI=1S/C17H20N4O/c1-4-5-10-21-12(2)19-16-17(21)20-15(11-18-16)13-6-8-14(22-3)9-7-13/h6-9,11H,2,4-5,10H2,1,3H3,(H,18,19). The van der Waals surface area contributed by atoms with Gasteiger partial charge in [0.2, 0.25) is 0 Å². The molecule has 22 heavy (non-hydrogen) atoms. The maximum atomic E-state index is 5.19. The minimum atomic E-state index is 0.776. The van der Waals surface area contributed by atoms with Gasteiger partial charge in [-0.25, -0.2) is 9.97 Å². The first-order valence-electron chi connectivity index (χ1n) is 7.48. The summed E-state index contributed by atoms with van der Waals surface area (Å²) < 4.78 is 5.19. The van der Waals surface area contributed by atoms with Crippen molar-refractivity contribution < 1.29 is 4.74 Å². The van der Waals surface area contributed by atoms with E-state index in [0.29, 0.717) is 0 Å². The van der Waals surface area contributed by atoms with Crippen molar-refractivity contribution in [3.8, 4) is 17.0 Å². The van der Waals surface area contributed by atoms with Crippen molar-refractivity contribution in [2.75, 3.05) is 23.9 Å². The van der Waals surface area contributed by atoms with Crippen LogP contribution >= 0.6 is 0 Å². The number of hydrogen-bond donors (Lipinski definition) is 1. The molecule has 3 rings (SSSR count). The van der Waals surface area contributed by atoms with Gasteiger partial charge in [-0.1, -0.05) is 19.9 Å². The molecule has 1 aliphatic heterocycles. The summed E-state index contributed by atoms with van der Waals surface area (Å²) in [7, 11) is 1.66. The van der Waals surface area contributed by atoms with Crippen LogP contribution < -0.4 is 15.0 Å². The van der Waals surface area contributed by atoms with Gasteiger partial charge in [0.15, 0.2) is 11.6 Å². The summed E-state index contributed by atoms with van der Waals surface area (Å²) in [6.45, 7) is 7.12. The monoisotopic (exact) mass is 296 g/mol. The van der Waals surface area contributed by atoms with Gasteiger partial charge in [-0.15, -0.1) is 0 Å². The van der Waals surface area contributed by atoms with Crippen LogP contribution in [-0.4, -0.2) is 23.6 Å². The second-order valence-corrected chi connectivity index (χ2v) is 5.23. The summed E-state index contributed by atoms with van der Waals surface area (Å²) in [5, 5.41) is 3.19. The first kappa shape index (κ1) is 14.4. The first-order valence-corrected chi connectivity index (χ1v) is 7.48. The molecule has 5 nitrogen and oxygen atoms in total. The van der Waals surface area contributed by atoms with Crippen LogP contribution in [0.5, 0.6) is 5.75 Å². The van der Waals surface area contributed by atoms with E-state index < -0.39 is 0 Å². The molecule has 1 aromatic carbocycles. The average Bonchev–Trinajstić information content (AvgIpc) is 2.87. The number of rotatable bonds is 5. The van der Waals surface area contributed by atoms with E-state index >= 15 is 0 Å². The minimum absolute atomic E-state index is 0.776. The lowest BCUT2D eigenvalue weighted by molar-refractivity contribution is 0.415. The Morgan fingerprint density at radius 2 is 2.05 bits per heavy atom. The van der Waals surface area contributed by atoms with Crippen molar-refractivity contribution in [1.82, 2.24) is 9.97 Å². The number of nitrogens with zero attached hydrogens (tertiary/aromatic N) is 3. The third-order valence-corrected chi connectivity index (χ3v) is 3.72. The summed E-state index contributed by atoms with van der Waals surface area (Å²) in [5.74, 6) is 3.30. The molecule has 2 heterocycles. The van der Waals surface area contributed by atoms with E-state index in [1.165, 1.54) is 0 Å². The van der Waals surface area contributed by atoms with E-state index in [1.54, 1.807) is 13.3 Å². The van der Waals surface area contributed by atoms with E-state index in [-0.39, 0.29) is 0 Å². The SMILES string of the molecule is C=C1Nc2ncc(-c3ccc(OC)cc3)nc2N1CCCC. The van der Waals surface area contributed by atoms with Gasteiger partial charge in [-0.05, 0) is 30.7 Å². The summed E-state index contributed by atoms with van der Waals surface area (Å²) >= 11 is 0. The quantitative estimate of drug-likeness (QED) is 0.912. The van der Waals surface area contributed by atoms with E-state index in [9.17, 15) is 0 Å². The summed E-state index contributed by atoms with van der Waals surface area (Å²) in [4.78, 5) is 11.3. The number of hydrogen-bond acceptors (Lipinski definition) is 5. The Labute approximate surface area is 130 Å². The maximum absolute atomic E-state index is 5.19. The fraction of sp³-hybridized carbons (Fsp3) is 0.294. The van der Waals surface area contributed by atoms with E-state index in [1.807, 2.05) is 24.3 Å². The predicted molar refractivity (Wildman–Crippen MR) is 89.0 cm³/mol. The second-order valence-electron chi connectivity index (χ2n) is 5.23. The van der Waals surface area contributed by atoms with Crippen LogP contribution in [0.2, 0.25) is 0 Å². The van der Waals surface area contributed by atoms with Crippen molar-refractivity contribution in [2.24, 2.45) is 0 Å². The molecule has 0 spiro atoms. The third-order valence-electron chi connectivity index (χ3n) is 3.72. The zero-order valence-electron chi connectivity index (χ0n) is 13.0. The number of ether oxygens (including phenoxy) is 1. The normalized spacial score (nSPS) is 13.0. The summed E-state index contributed by atoms with van der Waals surface area (Å²) in [6, 6.07) is 7.83. The molecule has 1 aliphatic rings. The highest BCUT2D eigenvalue weighted by Gasteiger charge is 2.25. The average molecular weight is 296 g/mol. The maximum Gasteiger partial charge on any atom is 0.178 e. The number of fused-ring (bicyclic) bond motifs is 1. The minimum Gasteiger partial charge on any atom is -0.497 e. The fourth-order valence-corrected chi connectivity index (χ4v) is 2.45. The Kier molecular flexibility index (Phi) is 3.96. The summed E-state index contributed by atoms with van der Waals surface area (Å²) in [5.41, 5.74) is 1.86. The highest BCUT2D eigenvalue weighted by atomic mass is 16.5. The van der Waals surface area contributed by atoms with Crippen LogP contribution in [0, 0.1) is 0 Å². The van der Waals surface area contributed by atoms with Gasteiger partial charge < -0.3 is 15.0 Å². The molecule has 0 atom stereocenters. The van der Waals surface area contributed by atoms with Crippen LogP contribution in [0.4, 0.5) is 11.6 Å². The molecule has 2 aromatic rings. The molecule has 0 fully saturated rings. The number of aromatic nitrogens is 2. The molecule has 0 aliphatic carbocycles. The van der Waals surface area contributed by atoms with Crippen LogP contribution in [0.1, 0.15) is 19.8 Å². The molecule has 1 N–H and O–H groups in total. The van der Waals surface area contributed by atoms with Crippen LogP contribution in [0.15, 0.2) is 42.9 Å². The molecular weight excluding hydrogens is 276 g/mol. The largest absolute Gasteiger partial charge is 0.497 e. The Morgan fingerprint density at radius 1 is 1.27 bits per heavy atom. The van der Waals surface area contributed by atoms with Gasteiger partial charge in [0, 0.05) is 12.1 Å². The number of methoxy groups -OCH3 is 1. The van der Waals surface area contributed by atoms with Crippen molar-refractivity contribution in [1.29, 1.82) is 0 Å². The molecule has 0 radical (unpaired) electrons.